The Kier molecular flexibility index (Phi) is 6.48. The summed E-state index contributed by atoms with van der Waals surface area (Å²) in [6, 6.07) is 15.3. The normalized spacial score (nSPS) is 14.7. The molecule has 162 valence electrons. The van der Waals surface area contributed by atoms with Gasteiger partial charge in [0.25, 0.3) is 5.56 Å². The molecule has 1 saturated heterocycles. The number of para-hydroxylation sites is 1. The van der Waals surface area contributed by atoms with Crippen LogP contribution in [0.3, 0.4) is 0 Å². The van der Waals surface area contributed by atoms with E-state index < -0.39 is 0 Å². The predicted octanol–water partition coefficient (Wildman–Crippen LogP) is 2.80. The highest BCUT2D eigenvalue weighted by Gasteiger charge is 2.21. The Hall–Kier alpha value is -2.97. The molecule has 4 rings (SSSR count). The number of aromatic nitrogens is 2. The standard InChI is InChI=1S/C23H26N4O3S/c1-30-18-8-6-17(7-9-18)16-25-12-14-26(15-13-25)21(28)10-11-27-22(29)19-4-2-3-5-20(19)24-23(27)31/h2-9H,10-16H2,1H3,(H,24,31). The highest BCUT2D eigenvalue weighted by molar-refractivity contribution is 7.71. The van der Waals surface area contributed by atoms with Crippen molar-refractivity contribution in [1.29, 1.82) is 0 Å². The van der Waals surface area contributed by atoms with E-state index >= 15 is 0 Å². The average Bonchev–Trinajstić information content (AvgIpc) is 2.80. The predicted molar refractivity (Wildman–Crippen MR) is 123 cm³/mol. The number of benzene rings is 2. The zero-order valence-electron chi connectivity index (χ0n) is 17.5. The van der Waals surface area contributed by atoms with E-state index in [1.807, 2.05) is 35.2 Å². The van der Waals surface area contributed by atoms with Crippen LogP contribution in [0.25, 0.3) is 10.9 Å². The van der Waals surface area contributed by atoms with Crippen LogP contribution in [0.5, 0.6) is 5.75 Å². The Morgan fingerprint density at radius 3 is 2.48 bits per heavy atom. The molecule has 0 bridgehead atoms. The second kappa shape index (κ2) is 9.45. The Balaban J connectivity index is 1.32. The van der Waals surface area contributed by atoms with Crippen molar-refractivity contribution < 1.29 is 9.53 Å². The zero-order chi connectivity index (χ0) is 21.8. The van der Waals surface area contributed by atoms with E-state index in [4.69, 9.17) is 17.0 Å². The van der Waals surface area contributed by atoms with Crippen molar-refractivity contribution in [2.75, 3.05) is 33.3 Å². The van der Waals surface area contributed by atoms with Gasteiger partial charge in [-0.1, -0.05) is 24.3 Å². The Bertz CT molecular complexity index is 1180. The van der Waals surface area contributed by atoms with Crippen LogP contribution >= 0.6 is 12.2 Å². The van der Waals surface area contributed by atoms with E-state index in [0.717, 1.165) is 25.4 Å². The van der Waals surface area contributed by atoms with Gasteiger partial charge in [0.1, 0.15) is 5.75 Å². The highest BCUT2D eigenvalue weighted by Crippen LogP contribution is 2.14. The van der Waals surface area contributed by atoms with Crippen LogP contribution in [0.1, 0.15) is 12.0 Å². The number of H-pyrrole nitrogens is 1. The van der Waals surface area contributed by atoms with Crippen molar-refractivity contribution in [2.24, 2.45) is 0 Å². The van der Waals surface area contributed by atoms with Gasteiger partial charge in [0.05, 0.1) is 18.0 Å². The maximum absolute atomic E-state index is 12.7. The van der Waals surface area contributed by atoms with Crippen molar-refractivity contribution in [3.05, 3.63) is 69.2 Å². The molecule has 1 aliphatic rings. The molecule has 3 aromatic rings. The summed E-state index contributed by atoms with van der Waals surface area (Å²) < 4.78 is 7.03. The number of nitrogens with zero attached hydrogens (tertiary/aromatic N) is 3. The lowest BCUT2D eigenvalue weighted by Crippen LogP contribution is -2.48. The third-order valence-electron chi connectivity index (χ3n) is 5.73. The smallest absolute Gasteiger partial charge is 0.262 e. The number of aromatic amines is 1. The lowest BCUT2D eigenvalue weighted by molar-refractivity contribution is -0.133. The molecule has 0 spiro atoms. The van der Waals surface area contributed by atoms with Gasteiger partial charge < -0.3 is 14.6 Å². The van der Waals surface area contributed by atoms with Crippen LogP contribution in [0, 0.1) is 4.77 Å². The molecule has 0 radical (unpaired) electrons. The first-order valence-corrected chi connectivity index (χ1v) is 10.8. The molecule has 2 heterocycles. The average molecular weight is 439 g/mol. The summed E-state index contributed by atoms with van der Waals surface area (Å²) in [6.45, 7) is 4.17. The number of carbonyl (C=O) groups is 1. The van der Waals surface area contributed by atoms with Crippen molar-refractivity contribution in [3.63, 3.8) is 0 Å². The molecule has 1 aromatic heterocycles. The van der Waals surface area contributed by atoms with Gasteiger partial charge in [-0.15, -0.1) is 0 Å². The Morgan fingerprint density at radius 2 is 1.77 bits per heavy atom. The maximum Gasteiger partial charge on any atom is 0.262 e. The second-order valence-corrected chi connectivity index (χ2v) is 8.07. The molecule has 7 nitrogen and oxygen atoms in total. The van der Waals surface area contributed by atoms with Crippen LogP contribution in [0.15, 0.2) is 53.3 Å². The van der Waals surface area contributed by atoms with Gasteiger partial charge in [-0.3, -0.25) is 19.1 Å². The number of hydrogen-bond donors (Lipinski definition) is 1. The minimum Gasteiger partial charge on any atom is -0.497 e. The molecule has 0 unspecified atom stereocenters. The van der Waals surface area contributed by atoms with Gasteiger partial charge in [0, 0.05) is 45.7 Å². The molecule has 31 heavy (non-hydrogen) atoms. The summed E-state index contributed by atoms with van der Waals surface area (Å²) in [5.74, 6) is 0.906. The summed E-state index contributed by atoms with van der Waals surface area (Å²) in [7, 11) is 1.66. The quantitative estimate of drug-likeness (QED) is 0.600. The number of carbonyl (C=O) groups excluding carboxylic acids is 1. The third kappa shape index (κ3) is 4.86. The molecule has 0 aliphatic carbocycles. The molecule has 8 heteroatoms. The number of methoxy groups -OCH3 is 1. The first-order chi connectivity index (χ1) is 15.0. The highest BCUT2D eigenvalue weighted by atomic mass is 32.1. The van der Waals surface area contributed by atoms with E-state index in [1.54, 1.807) is 13.2 Å². The van der Waals surface area contributed by atoms with E-state index in [1.165, 1.54) is 10.1 Å². The fourth-order valence-corrected chi connectivity index (χ4v) is 4.20. The van der Waals surface area contributed by atoms with E-state index in [2.05, 4.69) is 22.0 Å². The van der Waals surface area contributed by atoms with Crippen LogP contribution < -0.4 is 10.3 Å². The van der Waals surface area contributed by atoms with Gasteiger partial charge >= 0.3 is 0 Å². The van der Waals surface area contributed by atoms with Gasteiger partial charge in [-0.25, -0.2) is 0 Å². The van der Waals surface area contributed by atoms with Gasteiger partial charge in [-0.2, -0.15) is 0 Å². The van der Waals surface area contributed by atoms with Crippen LogP contribution in [0.4, 0.5) is 0 Å². The number of fused-ring (bicyclic) bond motifs is 1. The van der Waals surface area contributed by atoms with Crippen molar-refractivity contribution in [3.8, 4) is 5.75 Å². The summed E-state index contributed by atoms with van der Waals surface area (Å²) >= 11 is 5.34. The molecule has 1 fully saturated rings. The minimum absolute atomic E-state index is 0.0542. The number of rotatable bonds is 6. The maximum atomic E-state index is 12.7. The topological polar surface area (TPSA) is 70.6 Å². The Labute approximate surface area is 185 Å². The molecule has 0 saturated carbocycles. The minimum atomic E-state index is -0.156. The largest absolute Gasteiger partial charge is 0.497 e. The zero-order valence-corrected chi connectivity index (χ0v) is 18.4. The summed E-state index contributed by atoms with van der Waals surface area (Å²) in [6.07, 6.45) is 0.258. The molecule has 0 atom stereocenters. The first-order valence-electron chi connectivity index (χ1n) is 10.4. The molecule has 1 N–H and O–H groups in total. The summed E-state index contributed by atoms with van der Waals surface area (Å²) in [4.78, 5) is 32.8. The van der Waals surface area contributed by atoms with Crippen molar-refractivity contribution in [2.45, 2.75) is 19.5 Å². The molecule has 2 aromatic carbocycles. The van der Waals surface area contributed by atoms with Crippen molar-refractivity contribution >= 4 is 29.0 Å². The molecular formula is C23H26N4O3S. The number of nitrogens with one attached hydrogen (secondary N) is 1. The summed E-state index contributed by atoms with van der Waals surface area (Å²) in [5, 5.41) is 0.579. The van der Waals surface area contributed by atoms with E-state index in [-0.39, 0.29) is 24.4 Å². The number of piperazine rings is 1. The lowest BCUT2D eigenvalue weighted by Gasteiger charge is -2.35. The second-order valence-electron chi connectivity index (χ2n) is 7.69. The van der Waals surface area contributed by atoms with E-state index in [9.17, 15) is 9.59 Å². The fourth-order valence-electron chi connectivity index (χ4n) is 3.91. The van der Waals surface area contributed by atoms with Gasteiger partial charge in [0.15, 0.2) is 4.77 Å². The van der Waals surface area contributed by atoms with Crippen LogP contribution in [-0.2, 0) is 17.9 Å². The first kappa shape index (κ1) is 21.3. The molecule has 1 aliphatic heterocycles. The molecule has 1 amide bonds. The SMILES string of the molecule is COc1ccc(CN2CCN(C(=O)CCn3c(=S)[nH]c4ccccc4c3=O)CC2)cc1. The van der Waals surface area contributed by atoms with Crippen LogP contribution in [0.2, 0.25) is 0 Å². The number of ether oxygens (including phenoxy) is 1. The van der Waals surface area contributed by atoms with Gasteiger partial charge in [0.2, 0.25) is 5.91 Å². The monoisotopic (exact) mass is 438 g/mol. The number of hydrogen-bond acceptors (Lipinski definition) is 5. The number of amides is 1. The van der Waals surface area contributed by atoms with E-state index in [0.29, 0.717) is 28.8 Å². The van der Waals surface area contributed by atoms with Gasteiger partial charge in [-0.05, 0) is 42.0 Å². The fraction of sp³-hybridized carbons (Fsp3) is 0.348. The summed E-state index contributed by atoms with van der Waals surface area (Å²) in [5.41, 5.74) is 1.79. The molecular weight excluding hydrogens is 412 g/mol. The van der Waals surface area contributed by atoms with Crippen molar-refractivity contribution in [1.82, 2.24) is 19.4 Å². The Morgan fingerprint density at radius 1 is 1.06 bits per heavy atom. The van der Waals surface area contributed by atoms with Crippen LogP contribution in [-0.4, -0.2) is 58.5 Å². The lowest BCUT2D eigenvalue weighted by atomic mass is 10.2. The third-order valence-corrected chi connectivity index (χ3v) is 6.05.